The third-order valence-electron chi connectivity index (χ3n) is 7.37. The van der Waals surface area contributed by atoms with Crippen molar-refractivity contribution in [3.8, 4) is 0 Å². The summed E-state index contributed by atoms with van der Waals surface area (Å²) in [6, 6.07) is 10.1. The predicted molar refractivity (Wildman–Crippen MR) is 110 cm³/mol. The van der Waals surface area contributed by atoms with Crippen molar-refractivity contribution < 1.29 is 23.8 Å². The monoisotopic (exact) mass is 402 g/mol. The van der Waals surface area contributed by atoms with E-state index in [9.17, 15) is 9.59 Å². The lowest BCUT2D eigenvalue weighted by Crippen LogP contribution is -2.58. The fraction of sp³-hybridized carbons (Fsp3) is 0.667. The average molecular weight is 403 g/mol. The number of rotatable bonds is 7. The molecule has 5 nitrogen and oxygen atoms in total. The molecular formula is C24H34O5. The van der Waals surface area contributed by atoms with E-state index in [0.29, 0.717) is 19.4 Å². The lowest BCUT2D eigenvalue weighted by molar-refractivity contribution is -0.197. The van der Waals surface area contributed by atoms with Gasteiger partial charge in [-0.3, -0.25) is 9.59 Å². The molecule has 0 saturated heterocycles. The van der Waals surface area contributed by atoms with Crippen LogP contribution in [0.3, 0.4) is 0 Å². The summed E-state index contributed by atoms with van der Waals surface area (Å²) in [5.74, 6) is -0.741. The first kappa shape index (κ1) is 21.8. The highest BCUT2D eigenvalue weighted by Crippen LogP contribution is 2.68. The van der Waals surface area contributed by atoms with Gasteiger partial charge in [0.25, 0.3) is 0 Å². The van der Waals surface area contributed by atoms with E-state index in [2.05, 4.69) is 32.9 Å². The second-order valence-corrected chi connectivity index (χ2v) is 9.72. The molecule has 2 saturated carbocycles. The maximum Gasteiger partial charge on any atom is 0.309 e. The Bertz CT molecular complexity index is 743. The quantitative estimate of drug-likeness (QED) is 0.627. The minimum absolute atomic E-state index is 0.0427. The maximum absolute atomic E-state index is 13.0. The van der Waals surface area contributed by atoms with Crippen LogP contribution in [-0.2, 0) is 30.4 Å². The second-order valence-electron chi connectivity index (χ2n) is 9.72. The zero-order valence-corrected chi connectivity index (χ0v) is 18.3. The highest BCUT2D eigenvalue weighted by atomic mass is 16.5. The smallest absolute Gasteiger partial charge is 0.309 e. The minimum Gasteiger partial charge on any atom is -0.469 e. The molecule has 2 aliphatic rings. The first-order valence-corrected chi connectivity index (χ1v) is 10.5. The summed E-state index contributed by atoms with van der Waals surface area (Å²) in [6.45, 7) is 7.05. The van der Waals surface area contributed by atoms with Crippen LogP contribution in [0.2, 0.25) is 0 Å². The van der Waals surface area contributed by atoms with Crippen molar-refractivity contribution in [2.24, 2.45) is 22.2 Å². The van der Waals surface area contributed by atoms with Crippen LogP contribution in [0.1, 0.15) is 58.4 Å². The van der Waals surface area contributed by atoms with Gasteiger partial charge in [-0.05, 0) is 42.1 Å². The Morgan fingerprint density at radius 2 is 1.72 bits per heavy atom. The highest BCUT2D eigenvalue weighted by molar-refractivity contribution is 5.75. The van der Waals surface area contributed by atoms with Crippen LogP contribution in [0, 0.1) is 22.2 Å². The van der Waals surface area contributed by atoms with Crippen molar-refractivity contribution in [2.75, 3.05) is 14.2 Å². The average Bonchev–Trinajstić information content (AvgIpc) is 3.01. The number of esters is 2. The SMILES string of the molecule is COC(=O)CC[C@@]12CC[C@@](C)(C1)[C@H](OCc1ccccc1)C(C)(C)[C@@H]2C(=O)OC. The van der Waals surface area contributed by atoms with Crippen LogP contribution in [0.4, 0.5) is 0 Å². The molecule has 2 bridgehead atoms. The van der Waals surface area contributed by atoms with Gasteiger partial charge >= 0.3 is 11.9 Å². The number of benzene rings is 1. The largest absolute Gasteiger partial charge is 0.469 e. The van der Waals surface area contributed by atoms with Gasteiger partial charge in [0, 0.05) is 11.8 Å². The number of methoxy groups -OCH3 is 2. The predicted octanol–water partition coefficient (Wildman–Crippen LogP) is 4.53. The van der Waals surface area contributed by atoms with Crippen molar-refractivity contribution in [3.05, 3.63) is 35.9 Å². The molecule has 0 amide bonds. The lowest BCUT2D eigenvalue weighted by Gasteiger charge is -2.56. The van der Waals surface area contributed by atoms with Gasteiger partial charge in [0.1, 0.15) is 0 Å². The van der Waals surface area contributed by atoms with E-state index in [0.717, 1.165) is 24.8 Å². The summed E-state index contributed by atoms with van der Waals surface area (Å²) < 4.78 is 16.7. The molecule has 160 valence electrons. The van der Waals surface area contributed by atoms with Gasteiger partial charge < -0.3 is 14.2 Å². The number of hydrogen-bond acceptors (Lipinski definition) is 5. The van der Waals surface area contributed by atoms with Gasteiger partial charge in [0.2, 0.25) is 0 Å². The van der Waals surface area contributed by atoms with Crippen molar-refractivity contribution in [2.45, 2.75) is 65.6 Å². The van der Waals surface area contributed by atoms with Crippen molar-refractivity contribution in [3.63, 3.8) is 0 Å². The summed E-state index contributed by atoms with van der Waals surface area (Å²) in [5.41, 5.74) is 0.411. The van der Waals surface area contributed by atoms with Crippen LogP contribution in [0.15, 0.2) is 30.3 Å². The number of hydrogen-bond donors (Lipinski definition) is 0. The van der Waals surface area contributed by atoms with Gasteiger partial charge in [-0.15, -0.1) is 0 Å². The Balaban J connectivity index is 1.91. The Labute approximate surface area is 174 Å². The lowest BCUT2D eigenvalue weighted by atomic mass is 9.50. The topological polar surface area (TPSA) is 61.8 Å². The van der Waals surface area contributed by atoms with E-state index in [1.54, 1.807) is 0 Å². The highest BCUT2D eigenvalue weighted by Gasteiger charge is 2.67. The van der Waals surface area contributed by atoms with Gasteiger partial charge in [-0.1, -0.05) is 51.1 Å². The van der Waals surface area contributed by atoms with Crippen molar-refractivity contribution in [1.29, 1.82) is 0 Å². The standard InChI is InChI=1S/C24H34O5/c1-22(2)19(20(26)28-5)24(12-11-18(25)27-4)14-13-23(3,16-24)21(22)29-15-17-9-7-6-8-10-17/h6-10,19,21H,11-16H2,1-5H3/t19-,21+,23-,24+/m0/s1. The summed E-state index contributed by atoms with van der Waals surface area (Å²) in [4.78, 5) is 24.9. The molecule has 1 aromatic carbocycles. The molecule has 4 atom stereocenters. The van der Waals surface area contributed by atoms with Gasteiger partial charge in [-0.2, -0.15) is 0 Å². The summed E-state index contributed by atoms with van der Waals surface area (Å²) in [5, 5.41) is 0. The molecule has 2 aliphatic carbocycles. The van der Waals surface area contributed by atoms with Crippen molar-refractivity contribution >= 4 is 11.9 Å². The van der Waals surface area contributed by atoms with E-state index < -0.39 is 5.41 Å². The zero-order chi connectivity index (χ0) is 21.3. The Hall–Kier alpha value is -1.88. The second kappa shape index (κ2) is 8.10. The third kappa shape index (κ3) is 3.94. The molecule has 1 aromatic rings. The maximum atomic E-state index is 13.0. The molecule has 0 aliphatic heterocycles. The Kier molecular flexibility index (Phi) is 6.09. The van der Waals surface area contributed by atoms with E-state index in [-0.39, 0.29) is 34.8 Å². The van der Waals surface area contributed by atoms with Crippen LogP contribution in [-0.4, -0.2) is 32.3 Å². The van der Waals surface area contributed by atoms with Crippen LogP contribution in [0.25, 0.3) is 0 Å². The fourth-order valence-corrected chi connectivity index (χ4v) is 6.48. The molecular weight excluding hydrogens is 368 g/mol. The molecule has 0 unspecified atom stereocenters. The number of fused-ring (bicyclic) bond motifs is 2. The normalized spacial score (nSPS) is 32.6. The Morgan fingerprint density at radius 1 is 1.03 bits per heavy atom. The van der Waals surface area contributed by atoms with Gasteiger partial charge in [0.15, 0.2) is 0 Å². The minimum atomic E-state index is -0.415. The first-order valence-electron chi connectivity index (χ1n) is 10.5. The molecule has 0 aromatic heterocycles. The van der Waals surface area contributed by atoms with Gasteiger partial charge in [0.05, 0.1) is 32.8 Å². The van der Waals surface area contributed by atoms with Crippen LogP contribution >= 0.6 is 0 Å². The molecule has 3 rings (SSSR count). The fourth-order valence-electron chi connectivity index (χ4n) is 6.48. The molecule has 0 radical (unpaired) electrons. The summed E-state index contributed by atoms with van der Waals surface area (Å²) in [7, 11) is 2.86. The molecule has 0 heterocycles. The summed E-state index contributed by atoms with van der Waals surface area (Å²) >= 11 is 0. The van der Waals surface area contributed by atoms with E-state index in [1.165, 1.54) is 14.2 Å². The van der Waals surface area contributed by atoms with Crippen LogP contribution in [0.5, 0.6) is 0 Å². The van der Waals surface area contributed by atoms with Gasteiger partial charge in [-0.25, -0.2) is 0 Å². The Morgan fingerprint density at radius 3 is 2.34 bits per heavy atom. The number of ether oxygens (including phenoxy) is 3. The molecule has 5 heteroatoms. The molecule has 2 fully saturated rings. The van der Waals surface area contributed by atoms with Crippen LogP contribution < -0.4 is 0 Å². The molecule has 29 heavy (non-hydrogen) atoms. The molecule has 0 N–H and O–H groups in total. The van der Waals surface area contributed by atoms with E-state index in [1.807, 2.05) is 18.2 Å². The third-order valence-corrected chi connectivity index (χ3v) is 7.37. The van der Waals surface area contributed by atoms with Crippen molar-refractivity contribution in [1.82, 2.24) is 0 Å². The first-order chi connectivity index (χ1) is 13.7. The zero-order valence-electron chi connectivity index (χ0n) is 18.3. The molecule has 0 spiro atoms. The van der Waals surface area contributed by atoms with E-state index in [4.69, 9.17) is 14.2 Å². The number of carbonyl (C=O) groups excluding carboxylic acids is 2. The number of carbonyl (C=O) groups is 2. The van der Waals surface area contributed by atoms with E-state index >= 15 is 0 Å². The summed E-state index contributed by atoms with van der Waals surface area (Å²) in [6.07, 6.45) is 3.63.